The number of nitrogens with zero attached hydrogens (tertiary/aromatic N) is 2. The number of hydrogen-bond acceptors (Lipinski definition) is 3. The summed E-state index contributed by atoms with van der Waals surface area (Å²) in [6.07, 6.45) is 2.65. The lowest BCUT2D eigenvalue weighted by Gasteiger charge is -2.14. The molecule has 0 N–H and O–H groups in total. The van der Waals surface area contributed by atoms with Gasteiger partial charge >= 0.3 is 0 Å². The third-order valence-electron chi connectivity index (χ3n) is 2.90. The van der Waals surface area contributed by atoms with Crippen LogP contribution in [0.5, 0.6) is 0 Å². The van der Waals surface area contributed by atoms with Crippen molar-refractivity contribution in [1.29, 1.82) is 0 Å². The van der Waals surface area contributed by atoms with Gasteiger partial charge in [-0.3, -0.25) is 0 Å². The van der Waals surface area contributed by atoms with Crippen LogP contribution in [0.3, 0.4) is 0 Å². The first-order valence-electron chi connectivity index (χ1n) is 6.48. The summed E-state index contributed by atoms with van der Waals surface area (Å²) >= 11 is 13.9. The van der Waals surface area contributed by atoms with Gasteiger partial charge in [0.2, 0.25) is 0 Å². The van der Waals surface area contributed by atoms with Gasteiger partial charge in [0.15, 0.2) is 5.16 Å². The lowest BCUT2D eigenvalue weighted by atomic mass is 9.99. The van der Waals surface area contributed by atoms with Crippen molar-refractivity contribution < 1.29 is 4.39 Å². The van der Waals surface area contributed by atoms with E-state index in [0.717, 1.165) is 12.1 Å². The van der Waals surface area contributed by atoms with Gasteiger partial charge in [0.1, 0.15) is 11.0 Å². The molecular weight excluding hydrogens is 330 g/mol. The van der Waals surface area contributed by atoms with Crippen molar-refractivity contribution in [3.05, 3.63) is 39.9 Å². The molecule has 0 spiro atoms. The van der Waals surface area contributed by atoms with Crippen LogP contribution in [0.1, 0.15) is 19.5 Å². The molecule has 0 unspecified atom stereocenters. The zero-order valence-electron chi connectivity index (χ0n) is 12.0. The van der Waals surface area contributed by atoms with E-state index in [1.165, 1.54) is 23.9 Å². The molecule has 1 heterocycles. The standard InChI is InChI=1S/C15H15Cl2FN2S/c1-8(2)6-12-13(14(17)20-15(19-12)21-3)10-5-4-9(18)7-11(10)16/h4-5,7-8H,6H2,1-3H3. The van der Waals surface area contributed by atoms with Crippen LogP contribution >= 0.6 is 35.0 Å². The number of thioether (sulfide) groups is 1. The minimum absolute atomic E-state index is 0.308. The van der Waals surface area contributed by atoms with Gasteiger partial charge in [-0.1, -0.05) is 48.8 Å². The molecule has 2 aromatic rings. The van der Waals surface area contributed by atoms with Crippen LogP contribution in [-0.2, 0) is 6.42 Å². The second-order valence-electron chi connectivity index (χ2n) is 5.04. The zero-order chi connectivity index (χ0) is 15.6. The van der Waals surface area contributed by atoms with E-state index in [0.29, 0.717) is 32.4 Å². The highest BCUT2D eigenvalue weighted by molar-refractivity contribution is 7.98. The monoisotopic (exact) mass is 344 g/mol. The van der Waals surface area contributed by atoms with Gasteiger partial charge in [0.25, 0.3) is 0 Å². The molecule has 0 aliphatic heterocycles. The molecule has 0 aliphatic carbocycles. The number of halogens is 3. The maximum atomic E-state index is 13.2. The maximum Gasteiger partial charge on any atom is 0.188 e. The fourth-order valence-electron chi connectivity index (χ4n) is 2.04. The predicted octanol–water partition coefficient (Wildman–Crippen LogP) is 5.51. The minimum Gasteiger partial charge on any atom is -0.227 e. The van der Waals surface area contributed by atoms with Crippen molar-refractivity contribution in [3.8, 4) is 11.1 Å². The predicted molar refractivity (Wildman–Crippen MR) is 87.8 cm³/mol. The topological polar surface area (TPSA) is 25.8 Å². The first-order chi connectivity index (χ1) is 9.92. The van der Waals surface area contributed by atoms with E-state index in [-0.39, 0.29) is 5.82 Å². The normalized spacial score (nSPS) is 11.2. The van der Waals surface area contributed by atoms with Gasteiger partial charge in [0, 0.05) is 11.1 Å². The van der Waals surface area contributed by atoms with Gasteiger partial charge < -0.3 is 0 Å². The first kappa shape index (κ1) is 16.5. The zero-order valence-corrected chi connectivity index (χ0v) is 14.3. The van der Waals surface area contributed by atoms with Gasteiger partial charge in [-0.15, -0.1) is 0 Å². The van der Waals surface area contributed by atoms with Crippen LogP contribution < -0.4 is 0 Å². The first-order valence-corrected chi connectivity index (χ1v) is 8.46. The summed E-state index contributed by atoms with van der Waals surface area (Å²) in [4.78, 5) is 8.81. The smallest absolute Gasteiger partial charge is 0.188 e. The van der Waals surface area contributed by atoms with Gasteiger partial charge in [-0.25, -0.2) is 14.4 Å². The number of hydrogen-bond donors (Lipinski definition) is 0. The number of rotatable bonds is 4. The Morgan fingerprint density at radius 1 is 1.24 bits per heavy atom. The SMILES string of the molecule is CSc1nc(Cl)c(-c2ccc(F)cc2Cl)c(CC(C)C)n1. The quantitative estimate of drug-likeness (QED) is 0.415. The van der Waals surface area contributed by atoms with E-state index >= 15 is 0 Å². The van der Waals surface area contributed by atoms with E-state index in [2.05, 4.69) is 23.8 Å². The number of aromatic nitrogens is 2. The molecule has 112 valence electrons. The summed E-state index contributed by atoms with van der Waals surface area (Å²) in [5, 5.41) is 1.28. The third kappa shape index (κ3) is 3.87. The lowest BCUT2D eigenvalue weighted by Crippen LogP contribution is -2.04. The molecule has 2 rings (SSSR count). The van der Waals surface area contributed by atoms with Crippen molar-refractivity contribution in [1.82, 2.24) is 9.97 Å². The summed E-state index contributed by atoms with van der Waals surface area (Å²) in [6.45, 7) is 4.20. The number of benzene rings is 1. The second-order valence-corrected chi connectivity index (χ2v) is 6.58. The Morgan fingerprint density at radius 3 is 2.52 bits per heavy atom. The summed E-state index contributed by atoms with van der Waals surface area (Å²) in [7, 11) is 0. The van der Waals surface area contributed by atoms with Crippen LogP contribution in [0.2, 0.25) is 10.2 Å². The Balaban J connectivity index is 2.65. The molecule has 0 saturated carbocycles. The van der Waals surface area contributed by atoms with Crippen LogP contribution in [0.15, 0.2) is 23.4 Å². The van der Waals surface area contributed by atoms with Gasteiger partial charge in [0.05, 0.1) is 10.7 Å². The van der Waals surface area contributed by atoms with Crippen LogP contribution in [-0.4, -0.2) is 16.2 Å². The molecule has 2 nitrogen and oxygen atoms in total. The lowest BCUT2D eigenvalue weighted by molar-refractivity contribution is 0.626. The molecule has 0 radical (unpaired) electrons. The van der Waals surface area contributed by atoms with E-state index in [1.807, 2.05) is 6.26 Å². The highest BCUT2D eigenvalue weighted by Gasteiger charge is 2.18. The van der Waals surface area contributed by atoms with E-state index in [4.69, 9.17) is 23.2 Å². The van der Waals surface area contributed by atoms with Crippen molar-refractivity contribution in [2.24, 2.45) is 5.92 Å². The van der Waals surface area contributed by atoms with Crippen molar-refractivity contribution >= 4 is 35.0 Å². The molecule has 0 aliphatic rings. The highest BCUT2D eigenvalue weighted by atomic mass is 35.5. The molecule has 0 bridgehead atoms. The van der Waals surface area contributed by atoms with Gasteiger partial charge in [-0.2, -0.15) is 0 Å². The molecule has 0 fully saturated rings. The molecular formula is C15H15Cl2FN2S. The third-order valence-corrected chi connectivity index (χ3v) is 4.04. The van der Waals surface area contributed by atoms with Crippen molar-refractivity contribution in [3.63, 3.8) is 0 Å². The van der Waals surface area contributed by atoms with Gasteiger partial charge in [-0.05, 0) is 36.8 Å². The highest BCUT2D eigenvalue weighted by Crippen LogP contribution is 2.36. The maximum absolute atomic E-state index is 13.2. The summed E-state index contributed by atoms with van der Waals surface area (Å²) in [5.74, 6) is 0.0237. The minimum atomic E-state index is -0.382. The fourth-order valence-corrected chi connectivity index (χ4v) is 3.03. The average Bonchev–Trinajstić information content (AvgIpc) is 2.39. The largest absolute Gasteiger partial charge is 0.227 e. The molecule has 0 saturated heterocycles. The molecule has 21 heavy (non-hydrogen) atoms. The van der Waals surface area contributed by atoms with E-state index in [1.54, 1.807) is 6.07 Å². The Hall–Kier alpha value is -0.840. The molecule has 6 heteroatoms. The molecule has 1 aromatic carbocycles. The summed E-state index contributed by atoms with van der Waals surface area (Å²) in [6, 6.07) is 4.25. The average molecular weight is 345 g/mol. The second kappa shape index (κ2) is 6.95. The van der Waals surface area contributed by atoms with Crippen molar-refractivity contribution in [2.45, 2.75) is 25.4 Å². The van der Waals surface area contributed by atoms with Crippen LogP contribution in [0, 0.1) is 11.7 Å². The Morgan fingerprint density at radius 2 is 1.95 bits per heavy atom. The molecule has 0 atom stereocenters. The molecule has 1 aromatic heterocycles. The Labute approximate surface area is 138 Å². The summed E-state index contributed by atoms with van der Waals surface area (Å²) in [5.41, 5.74) is 2.18. The van der Waals surface area contributed by atoms with Crippen LogP contribution in [0.25, 0.3) is 11.1 Å². The Kier molecular flexibility index (Phi) is 5.47. The van der Waals surface area contributed by atoms with Crippen molar-refractivity contribution in [2.75, 3.05) is 6.26 Å². The molecule has 0 amide bonds. The summed E-state index contributed by atoms with van der Waals surface area (Å²) < 4.78 is 13.2. The fraction of sp³-hybridized carbons (Fsp3) is 0.333. The van der Waals surface area contributed by atoms with E-state index < -0.39 is 0 Å². The Bertz CT molecular complexity index is 662. The van der Waals surface area contributed by atoms with Crippen LogP contribution in [0.4, 0.5) is 4.39 Å². The van der Waals surface area contributed by atoms with E-state index in [9.17, 15) is 4.39 Å².